The van der Waals surface area contributed by atoms with Crippen molar-refractivity contribution < 1.29 is 24.0 Å². The number of anilines is 1. The number of hydrogen-bond acceptors (Lipinski definition) is 7. The van der Waals surface area contributed by atoms with Crippen molar-refractivity contribution in [2.45, 2.75) is 17.4 Å². The fourth-order valence-corrected chi connectivity index (χ4v) is 4.45. The molecule has 2 N–H and O–H groups in total. The van der Waals surface area contributed by atoms with Gasteiger partial charge in [-0.15, -0.1) is 0 Å². The van der Waals surface area contributed by atoms with Crippen molar-refractivity contribution in [2.24, 2.45) is 0 Å². The molecule has 5 amide bonds. The van der Waals surface area contributed by atoms with Crippen molar-refractivity contribution in [1.82, 2.24) is 10.2 Å². The second-order valence-corrected chi connectivity index (χ2v) is 7.67. The molecule has 2 atom stereocenters. The van der Waals surface area contributed by atoms with Crippen LogP contribution in [0.4, 0.5) is 15.3 Å². The SMILES string of the molecule is Cc1ccc(NC(=O)CN2C(=O)S[C@@H]([C@H]3SC(=O)NC3=O)C2=O)cc1. The van der Waals surface area contributed by atoms with Gasteiger partial charge in [0, 0.05) is 5.69 Å². The number of aryl methyl sites for hydroxylation is 1. The third-order valence-corrected chi connectivity index (χ3v) is 5.97. The number of nitrogens with one attached hydrogen (secondary N) is 2. The molecule has 2 saturated heterocycles. The molecular weight excluding hydrogens is 366 g/mol. The topological polar surface area (TPSA) is 113 Å². The summed E-state index contributed by atoms with van der Waals surface area (Å²) in [5.74, 6) is -1.76. The summed E-state index contributed by atoms with van der Waals surface area (Å²) in [7, 11) is 0. The Morgan fingerprint density at radius 3 is 2.40 bits per heavy atom. The van der Waals surface area contributed by atoms with E-state index in [0.717, 1.165) is 10.5 Å². The Hall–Kier alpha value is -2.33. The molecule has 0 bridgehead atoms. The molecule has 25 heavy (non-hydrogen) atoms. The minimum absolute atomic E-state index is 0.442. The van der Waals surface area contributed by atoms with Gasteiger partial charge in [-0.05, 0) is 42.6 Å². The lowest BCUT2D eigenvalue weighted by molar-refractivity contribution is -0.131. The number of rotatable bonds is 4. The van der Waals surface area contributed by atoms with Crippen LogP contribution in [0, 0.1) is 6.92 Å². The molecule has 1 aromatic carbocycles. The van der Waals surface area contributed by atoms with Gasteiger partial charge >= 0.3 is 0 Å². The first-order valence-electron chi connectivity index (χ1n) is 7.25. The van der Waals surface area contributed by atoms with Crippen molar-refractivity contribution in [2.75, 3.05) is 11.9 Å². The number of amides is 5. The lowest BCUT2D eigenvalue weighted by atomic mass is 10.2. The first kappa shape index (κ1) is 17.5. The summed E-state index contributed by atoms with van der Waals surface area (Å²) in [6, 6.07) is 7.06. The molecule has 0 aromatic heterocycles. The van der Waals surface area contributed by atoms with Crippen molar-refractivity contribution >= 4 is 57.4 Å². The predicted octanol–water partition coefficient (Wildman–Crippen LogP) is 1.35. The molecule has 8 nitrogen and oxygen atoms in total. The minimum atomic E-state index is -1.00. The molecule has 0 aliphatic carbocycles. The highest BCUT2D eigenvalue weighted by molar-refractivity contribution is 8.19. The lowest BCUT2D eigenvalue weighted by Crippen LogP contribution is -2.42. The summed E-state index contributed by atoms with van der Waals surface area (Å²) in [5.41, 5.74) is 1.58. The maximum atomic E-state index is 12.4. The zero-order valence-corrected chi connectivity index (χ0v) is 14.6. The molecule has 0 unspecified atom stereocenters. The van der Waals surface area contributed by atoms with Gasteiger partial charge in [0.1, 0.15) is 17.0 Å². The van der Waals surface area contributed by atoms with Crippen LogP contribution in [-0.4, -0.2) is 50.1 Å². The first-order chi connectivity index (χ1) is 11.8. The van der Waals surface area contributed by atoms with Crippen LogP contribution in [0.15, 0.2) is 24.3 Å². The standard InChI is InChI=1S/C15H13N3O5S2/c1-7-2-4-8(5-3-7)16-9(19)6-18-13(21)11(25-15(18)23)10-12(20)17-14(22)24-10/h2-5,10-11H,6H2,1H3,(H,16,19)(H,17,20,22)/t10-,11+/m1/s1. The zero-order chi connectivity index (χ0) is 18.1. The van der Waals surface area contributed by atoms with Crippen molar-refractivity contribution in [3.63, 3.8) is 0 Å². The van der Waals surface area contributed by atoms with Crippen molar-refractivity contribution in [3.05, 3.63) is 29.8 Å². The van der Waals surface area contributed by atoms with E-state index in [1.54, 1.807) is 12.1 Å². The van der Waals surface area contributed by atoms with E-state index >= 15 is 0 Å². The van der Waals surface area contributed by atoms with Gasteiger partial charge in [0.15, 0.2) is 0 Å². The van der Waals surface area contributed by atoms with Crippen LogP contribution in [0.3, 0.4) is 0 Å². The molecule has 2 aliphatic heterocycles. The molecule has 10 heteroatoms. The molecule has 2 fully saturated rings. The van der Waals surface area contributed by atoms with Crippen LogP contribution in [0.5, 0.6) is 0 Å². The molecule has 130 valence electrons. The van der Waals surface area contributed by atoms with Crippen LogP contribution in [0.1, 0.15) is 5.56 Å². The fraction of sp³-hybridized carbons (Fsp3) is 0.267. The Bertz CT molecular complexity index is 780. The van der Waals surface area contributed by atoms with Gasteiger partial charge in [-0.2, -0.15) is 0 Å². The quantitative estimate of drug-likeness (QED) is 0.812. The van der Waals surface area contributed by atoms with E-state index in [4.69, 9.17) is 0 Å². The number of imide groups is 2. The Morgan fingerprint density at radius 1 is 1.12 bits per heavy atom. The third kappa shape index (κ3) is 3.69. The van der Waals surface area contributed by atoms with Gasteiger partial charge in [-0.25, -0.2) is 0 Å². The maximum Gasteiger partial charge on any atom is 0.289 e. The van der Waals surface area contributed by atoms with E-state index in [1.165, 1.54) is 0 Å². The van der Waals surface area contributed by atoms with Gasteiger partial charge in [-0.3, -0.25) is 34.2 Å². The number of hydrogen-bond donors (Lipinski definition) is 2. The van der Waals surface area contributed by atoms with E-state index in [-0.39, 0.29) is 0 Å². The smallest absolute Gasteiger partial charge is 0.289 e. The summed E-state index contributed by atoms with van der Waals surface area (Å²) in [6.07, 6.45) is 0. The van der Waals surface area contributed by atoms with Crippen molar-refractivity contribution in [3.8, 4) is 0 Å². The van der Waals surface area contributed by atoms with Gasteiger partial charge in [0.2, 0.25) is 17.7 Å². The summed E-state index contributed by atoms with van der Waals surface area (Å²) in [4.78, 5) is 60.2. The summed E-state index contributed by atoms with van der Waals surface area (Å²) < 4.78 is 0. The zero-order valence-electron chi connectivity index (χ0n) is 13.0. The number of nitrogens with zero attached hydrogens (tertiary/aromatic N) is 1. The number of benzene rings is 1. The summed E-state index contributed by atoms with van der Waals surface area (Å²) in [5, 5.41) is 1.57. The number of thioether (sulfide) groups is 2. The fourth-order valence-electron chi connectivity index (χ4n) is 2.35. The van der Waals surface area contributed by atoms with Gasteiger partial charge in [-0.1, -0.05) is 17.7 Å². The summed E-state index contributed by atoms with van der Waals surface area (Å²) >= 11 is 1.34. The van der Waals surface area contributed by atoms with Gasteiger partial charge < -0.3 is 5.32 Å². The Balaban J connectivity index is 1.64. The molecule has 0 saturated carbocycles. The van der Waals surface area contributed by atoms with E-state index in [9.17, 15) is 24.0 Å². The van der Waals surface area contributed by atoms with Crippen LogP contribution in [0.25, 0.3) is 0 Å². The second kappa shape index (κ2) is 6.89. The molecule has 2 aliphatic rings. The van der Waals surface area contributed by atoms with Crippen LogP contribution in [0.2, 0.25) is 0 Å². The van der Waals surface area contributed by atoms with E-state index in [1.807, 2.05) is 19.1 Å². The average molecular weight is 379 g/mol. The number of carbonyl (C=O) groups excluding carboxylic acids is 5. The van der Waals surface area contributed by atoms with Gasteiger partial charge in [0.25, 0.3) is 10.5 Å². The highest BCUT2D eigenvalue weighted by atomic mass is 32.2. The highest BCUT2D eigenvalue weighted by Gasteiger charge is 2.50. The lowest BCUT2D eigenvalue weighted by Gasteiger charge is -2.15. The van der Waals surface area contributed by atoms with Crippen LogP contribution < -0.4 is 10.6 Å². The highest BCUT2D eigenvalue weighted by Crippen LogP contribution is 2.36. The van der Waals surface area contributed by atoms with E-state index in [0.29, 0.717) is 29.2 Å². The molecule has 2 heterocycles. The monoisotopic (exact) mass is 379 g/mol. The largest absolute Gasteiger partial charge is 0.325 e. The molecular formula is C15H13N3O5S2. The average Bonchev–Trinajstić information content (AvgIpc) is 3.02. The Morgan fingerprint density at radius 2 is 1.80 bits per heavy atom. The molecule has 3 rings (SSSR count). The molecule has 0 spiro atoms. The maximum absolute atomic E-state index is 12.4. The summed E-state index contributed by atoms with van der Waals surface area (Å²) in [6.45, 7) is 1.47. The number of carbonyl (C=O) groups is 5. The molecule has 1 aromatic rings. The second-order valence-electron chi connectivity index (χ2n) is 5.46. The predicted molar refractivity (Wildman–Crippen MR) is 93.2 cm³/mol. The van der Waals surface area contributed by atoms with E-state index in [2.05, 4.69) is 10.6 Å². The van der Waals surface area contributed by atoms with Crippen molar-refractivity contribution in [1.29, 1.82) is 0 Å². The third-order valence-electron chi connectivity index (χ3n) is 3.59. The minimum Gasteiger partial charge on any atom is -0.325 e. The Kier molecular flexibility index (Phi) is 4.82. The van der Waals surface area contributed by atoms with Crippen LogP contribution >= 0.6 is 23.5 Å². The van der Waals surface area contributed by atoms with Gasteiger partial charge in [0.05, 0.1) is 0 Å². The molecule has 0 radical (unpaired) electrons. The first-order valence-corrected chi connectivity index (χ1v) is 9.01. The Labute approximate surface area is 151 Å². The van der Waals surface area contributed by atoms with Crippen LogP contribution in [-0.2, 0) is 14.4 Å². The normalized spacial score (nSPS) is 23.2. The van der Waals surface area contributed by atoms with E-state index < -0.39 is 45.2 Å².